The van der Waals surface area contributed by atoms with Gasteiger partial charge in [-0.15, -0.1) is 0 Å². The maximum absolute atomic E-state index is 11.6. The fraction of sp³-hybridized carbons (Fsp3) is 0.0870. The van der Waals surface area contributed by atoms with E-state index < -0.39 is 10.0 Å². The zero-order chi connectivity index (χ0) is 22.5. The molecule has 32 heavy (non-hydrogen) atoms. The zero-order valence-corrected chi connectivity index (χ0v) is 18.2. The minimum Gasteiger partial charge on any atom is -0.494 e. The Labute approximate surface area is 184 Å². The van der Waals surface area contributed by atoms with Crippen molar-refractivity contribution in [1.29, 1.82) is 0 Å². The third-order valence-electron chi connectivity index (χ3n) is 5.22. The number of H-pyrrole nitrogens is 1. The van der Waals surface area contributed by atoms with E-state index in [9.17, 15) is 8.42 Å². The number of pyridine rings is 1. The first kappa shape index (κ1) is 20.0. The molecule has 0 fully saturated rings. The van der Waals surface area contributed by atoms with Crippen LogP contribution in [0.4, 0.5) is 22.7 Å². The van der Waals surface area contributed by atoms with Crippen LogP contribution in [-0.4, -0.2) is 31.8 Å². The number of methoxy groups -OCH3 is 1. The van der Waals surface area contributed by atoms with Gasteiger partial charge in [-0.3, -0.25) is 4.72 Å². The van der Waals surface area contributed by atoms with Crippen LogP contribution in [0.2, 0.25) is 0 Å². The van der Waals surface area contributed by atoms with Gasteiger partial charge in [0.05, 0.1) is 47.0 Å². The highest BCUT2D eigenvalue weighted by Crippen LogP contribution is 2.39. The van der Waals surface area contributed by atoms with Crippen LogP contribution in [0.25, 0.3) is 32.8 Å². The maximum Gasteiger partial charge on any atom is 0.229 e. The smallest absolute Gasteiger partial charge is 0.229 e. The molecule has 2 aromatic heterocycles. The van der Waals surface area contributed by atoms with Gasteiger partial charge in [-0.1, -0.05) is 18.2 Å². The molecule has 2 heterocycles. The van der Waals surface area contributed by atoms with Crippen molar-refractivity contribution in [2.75, 3.05) is 29.1 Å². The molecule has 0 saturated heterocycles. The fourth-order valence-corrected chi connectivity index (χ4v) is 4.42. The number of nitrogens with zero attached hydrogens (tertiary/aromatic N) is 1. The minimum absolute atomic E-state index is 0.417. The number of ether oxygens (including phenoxy) is 1. The highest BCUT2D eigenvalue weighted by atomic mass is 32.2. The Balaban J connectivity index is 1.72. The lowest BCUT2D eigenvalue weighted by Gasteiger charge is -2.15. The van der Waals surface area contributed by atoms with Gasteiger partial charge in [0.25, 0.3) is 0 Å². The summed E-state index contributed by atoms with van der Waals surface area (Å²) in [6, 6.07) is 18.6. The second-order valence-corrected chi connectivity index (χ2v) is 9.32. The first-order chi connectivity index (χ1) is 15.3. The van der Waals surface area contributed by atoms with E-state index in [1.54, 1.807) is 18.2 Å². The van der Waals surface area contributed by atoms with Crippen molar-refractivity contribution in [2.45, 2.75) is 0 Å². The van der Waals surface area contributed by atoms with Crippen molar-refractivity contribution < 1.29 is 13.2 Å². The number of fused-ring (bicyclic) bond motifs is 4. The molecule has 5 aromatic rings. The van der Waals surface area contributed by atoms with Crippen LogP contribution < -0.4 is 20.5 Å². The molecule has 8 nitrogen and oxygen atoms in total. The largest absolute Gasteiger partial charge is 0.494 e. The number of anilines is 4. The summed E-state index contributed by atoms with van der Waals surface area (Å²) in [5.41, 5.74) is 12.0. The minimum atomic E-state index is -3.40. The van der Waals surface area contributed by atoms with Gasteiger partial charge >= 0.3 is 0 Å². The van der Waals surface area contributed by atoms with Gasteiger partial charge in [0.2, 0.25) is 10.0 Å². The van der Waals surface area contributed by atoms with E-state index >= 15 is 0 Å². The summed E-state index contributed by atoms with van der Waals surface area (Å²) in [6.45, 7) is 0. The van der Waals surface area contributed by atoms with Gasteiger partial charge in [-0.2, -0.15) is 0 Å². The van der Waals surface area contributed by atoms with Crippen LogP contribution in [0, 0.1) is 0 Å². The molecule has 0 aliphatic rings. The molecule has 3 aromatic carbocycles. The molecule has 0 amide bonds. The molecular weight excluding hydrogens is 426 g/mol. The Hall–Kier alpha value is -3.98. The summed E-state index contributed by atoms with van der Waals surface area (Å²) >= 11 is 0. The Morgan fingerprint density at radius 3 is 2.62 bits per heavy atom. The van der Waals surface area contributed by atoms with Gasteiger partial charge < -0.3 is 20.8 Å². The van der Waals surface area contributed by atoms with Gasteiger partial charge in [-0.25, -0.2) is 13.4 Å². The number of sulfonamides is 1. The third kappa shape index (κ3) is 3.52. The summed E-state index contributed by atoms with van der Waals surface area (Å²) in [6.07, 6.45) is 1.11. The lowest BCUT2D eigenvalue weighted by molar-refractivity contribution is 0.417. The van der Waals surface area contributed by atoms with E-state index in [0.717, 1.165) is 44.8 Å². The van der Waals surface area contributed by atoms with Crippen molar-refractivity contribution in [3.63, 3.8) is 0 Å². The molecule has 0 aliphatic carbocycles. The summed E-state index contributed by atoms with van der Waals surface area (Å²) < 4.78 is 31.2. The summed E-state index contributed by atoms with van der Waals surface area (Å²) in [5, 5.41) is 5.34. The number of hydrogen-bond donors (Lipinski definition) is 4. The van der Waals surface area contributed by atoms with Gasteiger partial charge in [0, 0.05) is 28.0 Å². The molecule has 0 spiro atoms. The number of nitrogen functional groups attached to an aromatic ring is 1. The van der Waals surface area contributed by atoms with Crippen molar-refractivity contribution in [3.05, 3.63) is 60.7 Å². The molecule has 0 saturated carbocycles. The molecule has 0 radical (unpaired) electrons. The molecule has 9 heteroatoms. The number of aromatic amines is 1. The van der Waals surface area contributed by atoms with Crippen LogP contribution in [0.3, 0.4) is 0 Å². The van der Waals surface area contributed by atoms with Crippen LogP contribution >= 0.6 is 0 Å². The number of aromatic nitrogens is 2. The van der Waals surface area contributed by atoms with Crippen LogP contribution in [-0.2, 0) is 10.0 Å². The number of benzene rings is 3. The summed E-state index contributed by atoms with van der Waals surface area (Å²) in [5.74, 6) is 0.494. The fourth-order valence-electron chi connectivity index (χ4n) is 3.87. The maximum atomic E-state index is 11.6. The first-order valence-corrected chi connectivity index (χ1v) is 11.7. The highest BCUT2D eigenvalue weighted by molar-refractivity contribution is 7.92. The molecule has 0 atom stereocenters. The number of nitrogens with one attached hydrogen (secondary N) is 3. The van der Waals surface area contributed by atoms with Crippen LogP contribution in [0.1, 0.15) is 0 Å². The number of hydrogen-bond acceptors (Lipinski definition) is 6. The highest BCUT2D eigenvalue weighted by Gasteiger charge is 2.16. The standard InChI is InChI=1S/C23H21N5O3S/c1-31-20-12-14(28-32(2,29)30)8-10-19(20)27-21-15-5-3-4-6-17(15)25-22-16-11-13(24)7-9-18(16)26-23(21)22/h3-12,26,28H,24H2,1-2H3,(H,25,27). The molecule has 162 valence electrons. The molecule has 0 unspecified atom stereocenters. The lowest BCUT2D eigenvalue weighted by atomic mass is 10.1. The number of para-hydroxylation sites is 1. The molecule has 0 aliphatic heterocycles. The van der Waals surface area contributed by atoms with E-state index in [1.807, 2.05) is 42.5 Å². The zero-order valence-electron chi connectivity index (χ0n) is 17.4. The monoisotopic (exact) mass is 447 g/mol. The molecule has 5 rings (SSSR count). The molecule has 0 bridgehead atoms. The van der Waals surface area contributed by atoms with E-state index in [2.05, 4.69) is 15.0 Å². The molecular formula is C23H21N5O3S. The number of rotatable bonds is 5. The molecule has 5 N–H and O–H groups in total. The Bertz CT molecular complexity index is 1610. The number of nitrogens with two attached hydrogens (primary N) is 1. The first-order valence-electron chi connectivity index (χ1n) is 9.85. The van der Waals surface area contributed by atoms with Crippen molar-refractivity contribution in [3.8, 4) is 5.75 Å². The predicted molar refractivity (Wildman–Crippen MR) is 130 cm³/mol. The van der Waals surface area contributed by atoms with Gasteiger partial charge in [0.1, 0.15) is 5.75 Å². The second kappa shape index (κ2) is 7.31. The quantitative estimate of drug-likeness (QED) is 0.293. The van der Waals surface area contributed by atoms with Gasteiger partial charge in [-0.05, 0) is 36.4 Å². The second-order valence-electron chi connectivity index (χ2n) is 7.57. The van der Waals surface area contributed by atoms with Gasteiger partial charge in [0.15, 0.2) is 0 Å². The predicted octanol–water partition coefficient (Wildman–Crippen LogP) is 4.58. The van der Waals surface area contributed by atoms with E-state index in [-0.39, 0.29) is 0 Å². The Morgan fingerprint density at radius 1 is 1.03 bits per heavy atom. The van der Waals surface area contributed by atoms with E-state index in [0.29, 0.717) is 22.8 Å². The normalized spacial score (nSPS) is 11.8. The van der Waals surface area contributed by atoms with Crippen molar-refractivity contribution in [1.82, 2.24) is 9.97 Å². The topological polar surface area (TPSA) is 122 Å². The summed E-state index contributed by atoms with van der Waals surface area (Å²) in [7, 11) is -1.86. The Kier molecular flexibility index (Phi) is 4.56. The SMILES string of the molecule is COc1cc(NS(C)(=O)=O)ccc1Nc1c2ccccc2nc2c1[nH]c1ccc(N)cc12. The van der Waals surface area contributed by atoms with E-state index in [4.69, 9.17) is 15.5 Å². The average molecular weight is 448 g/mol. The average Bonchev–Trinajstić information content (AvgIpc) is 3.11. The Morgan fingerprint density at radius 2 is 1.84 bits per heavy atom. The van der Waals surface area contributed by atoms with Crippen LogP contribution in [0.15, 0.2) is 60.7 Å². The van der Waals surface area contributed by atoms with Crippen molar-refractivity contribution in [2.24, 2.45) is 0 Å². The lowest BCUT2D eigenvalue weighted by Crippen LogP contribution is -2.09. The van der Waals surface area contributed by atoms with Crippen LogP contribution in [0.5, 0.6) is 5.75 Å². The van der Waals surface area contributed by atoms with E-state index in [1.165, 1.54) is 7.11 Å². The summed E-state index contributed by atoms with van der Waals surface area (Å²) in [4.78, 5) is 8.32. The van der Waals surface area contributed by atoms with Crippen molar-refractivity contribution >= 4 is 65.6 Å². The third-order valence-corrected chi connectivity index (χ3v) is 5.82.